The van der Waals surface area contributed by atoms with Gasteiger partial charge in [-0.2, -0.15) is 0 Å². The molecule has 0 saturated heterocycles. The number of Topliss-reactive ketones (excluding diaryl/α,β-unsaturated/α-hetero) is 1. The van der Waals surface area contributed by atoms with Crippen molar-refractivity contribution in [3.05, 3.63) is 59.1 Å². The Morgan fingerprint density at radius 3 is 2.47 bits per heavy atom. The number of hydrogen-bond acceptors (Lipinski definition) is 2. The van der Waals surface area contributed by atoms with Gasteiger partial charge < -0.3 is 4.74 Å². The van der Waals surface area contributed by atoms with Crippen LogP contribution in [0.3, 0.4) is 0 Å². The minimum absolute atomic E-state index is 0.0703. The summed E-state index contributed by atoms with van der Waals surface area (Å²) in [7, 11) is 0. The summed E-state index contributed by atoms with van der Waals surface area (Å²) in [4.78, 5) is 11.9. The van der Waals surface area contributed by atoms with Crippen molar-refractivity contribution in [1.29, 1.82) is 0 Å². The molecule has 0 radical (unpaired) electrons. The standard InChI is InChI=1S/C16H15ClO2/c1-2-19-11-16(18)14-9-8-13(10-15(14)17)12-6-4-3-5-7-12/h3-10H,2,11H2,1H3. The number of benzene rings is 2. The highest BCUT2D eigenvalue weighted by atomic mass is 35.5. The molecule has 0 aliphatic rings. The molecule has 0 spiro atoms. The molecule has 2 rings (SSSR count). The van der Waals surface area contributed by atoms with E-state index in [0.29, 0.717) is 17.2 Å². The maximum absolute atomic E-state index is 11.9. The number of ketones is 1. The molecular weight excluding hydrogens is 260 g/mol. The van der Waals surface area contributed by atoms with Gasteiger partial charge in [0.25, 0.3) is 0 Å². The summed E-state index contributed by atoms with van der Waals surface area (Å²) in [5.74, 6) is -0.0912. The van der Waals surface area contributed by atoms with Crippen LogP contribution in [0.2, 0.25) is 5.02 Å². The van der Waals surface area contributed by atoms with Gasteiger partial charge in [-0.05, 0) is 30.2 Å². The second-order valence-corrected chi connectivity index (χ2v) is 4.53. The van der Waals surface area contributed by atoms with Crippen LogP contribution >= 0.6 is 11.6 Å². The van der Waals surface area contributed by atoms with Crippen LogP contribution in [0.15, 0.2) is 48.5 Å². The van der Waals surface area contributed by atoms with Crippen LogP contribution in [0.5, 0.6) is 0 Å². The first kappa shape index (κ1) is 13.8. The summed E-state index contributed by atoms with van der Waals surface area (Å²) >= 11 is 6.18. The van der Waals surface area contributed by atoms with Crippen molar-refractivity contribution in [3.63, 3.8) is 0 Å². The first-order valence-corrected chi connectivity index (χ1v) is 6.56. The molecule has 2 nitrogen and oxygen atoms in total. The lowest BCUT2D eigenvalue weighted by atomic mass is 10.0. The molecule has 0 saturated carbocycles. The Labute approximate surface area is 118 Å². The molecule has 0 atom stereocenters. The molecule has 0 aliphatic carbocycles. The summed E-state index contributed by atoms with van der Waals surface area (Å²) in [6, 6.07) is 15.4. The monoisotopic (exact) mass is 274 g/mol. The Hall–Kier alpha value is -1.64. The first-order valence-electron chi connectivity index (χ1n) is 6.18. The van der Waals surface area contributed by atoms with E-state index in [9.17, 15) is 4.79 Å². The molecule has 0 aliphatic heterocycles. The van der Waals surface area contributed by atoms with Gasteiger partial charge in [-0.1, -0.05) is 48.0 Å². The summed E-state index contributed by atoms with van der Waals surface area (Å²) in [5, 5.41) is 0.464. The predicted octanol–water partition coefficient (Wildman–Crippen LogP) is 4.23. The smallest absolute Gasteiger partial charge is 0.189 e. The highest BCUT2D eigenvalue weighted by molar-refractivity contribution is 6.34. The Morgan fingerprint density at radius 1 is 1.11 bits per heavy atom. The van der Waals surface area contributed by atoms with Gasteiger partial charge in [-0.25, -0.2) is 0 Å². The zero-order valence-corrected chi connectivity index (χ0v) is 11.5. The van der Waals surface area contributed by atoms with E-state index < -0.39 is 0 Å². The summed E-state index contributed by atoms with van der Waals surface area (Å²) < 4.78 is 5.11. The fourth-order valence-corrected chi connectivity index (χ4v) is 2.11. The molecule has 0 amide bonds. The van der Waals surface area contributed by atoms with E-state index in [1.165, 1.54) is 0 Å². The zero-order valence-electron chi connectivity index (χ0n) is 10.7. The van der Waals surface area contributed by atoms with Crippen molar-refractivity contribution >= 4 is 17.4 Å². The molecule has 0 aromatic heterocycles. The number of hydrogen-bond donors (Lipinski definition) is 0. The first-order chi connectivity index (χ1) is 9.22. The van der Waals surface area contributed by atoms with Gasteiger partial charge in [0, 0.05) is 12.2 Å². The third-order valence-electron chi connectivity index (χ3n) is 2.81. The van der Waals surface area contributed by atoms with E-state index in [2.05, 4.69) is 0 Å². The van der Waals surface area contributed by atoms with Crippen LogP contribution in [0.25, 0.3) is 11.1 Å². The van der Waals surface area contributed by atoms with E-state index in [-0.39, 0.29) is 12.4 Å². The Balaban J connectivity index is 2.25. The van der Waals surface area contributed by atoms with E-state index in [1.54, 1.807) is 6.07 Å². The van der Waals surface area contributed by atoms with Crippen molar-refractivity contribution in [2.45, 2.75) is 6.92 Å². The van der Waals surface area contributed by atoms with Crippen molar-refractivity contribution < 1.29 is 9.53 Å². The van der Waals surface area contributed by atoms with Gasteiger partial charge in [-0.3, -0.25) is 4.79 Å². The van der Waals surface area contributed by atoms with Gasteiger partial charge in [0.15, 0.2) is 5.78 Å². The topological polar surface area (TPSA) is 26.3 Å². The number of halogens is 1. The Kier molecular flexibility index (Phi) is 4.72. The normalized spacial score (nSPS) is 10.4. The molecule has 0 N–H and O–H groups in total. The van der Waals surface area contributed by atoms with Gasteiger partial charge in [-0.15, -0.1) is 0 Å². The van der Waals surface area contributed by atoms with Crippen molar-refractivity contribution in [1.82, 2.24) is 0 Å². The maximum Gasteiger partial charge on any atom is 0.189 e. The zero-order chi connectivity index (χ0) is 13.7. The lowest BCUT2D eigenvalue weighted by molar-refractivity contribution is 0.0783. The molecule has 2 aromatic rings. The second-order valence-electron chi connectivity index (χ2n) is 4.12. The van der Waals surface area contributed by atoms with E-state index >= 15 is 0 Å². The van der Waals surface area contributed by atoms with Gasteiger partial charge in [0.1, 0.15) is 6.61 Å². The predicted molar refractivity (Wildman–Crippen MR) is 77.7 cm³/mol. The summed E-state index contributed by atoms with van der Waals surface area (Å²) in [6.45, 7) is 2.44. The average Bonchev–Trinajstić information content (AvgIpc) is 2.45. The van der Waals surface area contributed by atoms with E-state index in [0.717, 1.165) is 11.1 Å². The van der Waals surface area contributed by atoms with E-state index in [4.69, 9.17) is 16.3 Å². The van der Waals surface area contributed by atoms with Gasteiger partial charge in [0.2, 0.25) is 0 Å². The summed E-state index contributed by atoms with van der Waals surface area (Å²) in [5.41, 5.74) is 2.58. The fourth-order valence-electron chi connectivity index (χ4n) is 1.82. The highest BCUT2D eigenvalue weighted by Gasteiger charge is 2.11. The molecule has 2 aromatic carbocycles. The SMILES string of the molecule is CCOCC(=O)c1ccc(-c2ccccc2)cc1Cl. The lowest BCUT2D eigenvalue weighted by Gasteiger charge is -2.07. The Bertz CT molecular complexity index is 564. The third-order valence-corrected chi connectivity index (χ3v) is 3.13. The molecule has 0 unspecified atom stereocenters. The van der Waals surface area contributed by atoms with Crippen LogP contribution in [-0.2, 0) is 4.74 Å². The molecule has 0 fully saturated rings. The van der Waals surface area contributed by atoms with Crippen LogP contribution in [0.4, 0.5) is 0 Å². The van der Waals surface area contributed by atoms with Crippen LogP contribution < -0.4 is 0 Å². The fraction of sp³-hybridized carbons (Fsp3) is 0.188. The molecular formula is C16H15ClO2. The molecule has 3 heteroatoms. The number of carbonyl (C=O) groups is 1. The Morgan fingerprint density at radius 2 is 1.84 bits per heavy atom. The van der Waals surface area contributed by atoms with Gasteiger partial charge in [0.05, 0.1) is 5.02 Å². The average molecular weight is 275 g/mol. The van der Waals surface area contributed by atoms with Crippen LogP contribution in [0.1, 0.15) is 17.3 Å². The minimum atomic E-state index is -0.0912. The van der Waals surface area contributed by atoms with Crippen LogP contribution in [0, 0.1) is 0 Å². The quantitative estimate of drug-likeness (QED) is 0.763. The lowest BCUT2D eigenvalue weighted by Crippen LogP contribution is -2.09. The third kappa shape index (κ3) is 3.43. The highest BCUT2D eigenvalue weighted by Crippen LogP contribution is 2.25. The molecule has 0 bridgehead atoms. The van der Waals surface area contributed by atoms with Crippen molar-refractivity contribution in [2.24, 2.45) is 0 Å². The number of ether oxygens (including phenoxy) is 1. The largest absolute Gasteiger partial charge is 0.374 e. The minimum Gasteiger partial charge on any atom is -0.374 e. The molecule has 98 valence electrons. The number of carbonyl (C=O) groups excluding carboxylic acids is 1. The van der Waals surface area contributed by atoms with Gasteiger partial charge >= 0.3 is 0 Å². The van der Waals surface area contributed by atoms with Crippen molar-refractivity contribution in [3.8, 4) is 11.1 Å². The summed E-state index contributed by atoms with van der Waals surface area (Å²) in [6.07, 6.45) is 0. The molecule has 0 heterocycles. The maximum atomic E-state index is 11.9. The van der Waals surface area contributed by atoms with Crippen molar-refractivity contribution in [2.75, 3.05) is 13.2 Å². The second kappa shape index (κ2) is 6.50. The van der Waals surface area contributed by atoms with E-state index in [1.807, 2.05) is 49.4 Å². The van der Waals surface area contributed by atoms with Crippen LogP contribution in [-0.4, -0.2) is 19.0 Å². The molecule has 19 heavy (non-hydrogen) atoms. The number of rotatable bonds is 5.